The quantitative estimate of drug-likeness (QED) is 0.855. The third kappa shape index (κ3) is 2.31. The molecule has 0 aliphatic carbocycles. The van der Waals surface area contributed by atoms with Crippen molar-refractivity contribution in [1.29, 1.82) is 0 Å². The molecule has 3 nitrogen and oxygen atoms in total. The monoisotopic (exact) mass is 258 g/mol. The number of aromatic nitrogens is 1. The summed E-state index contributed by atoms with van der Waals surface area (Å²) >= 11 is 0. The van der Waals surface area contributed by atoms with E-state index in [4.69, 9.17) is 10.5 Å². The summed E-state index contributed by atoms with van der Waals surface area (Å²) in [4.78, 5) is 4.27. The third-order valence-corrected chi connectivity index (χ3v) is 3.41. The number of aryl methyl sites for hydroxylation is 1. The van der Waals surface area contributed by atoms with Gasteiger partial charge in [0.2, 0.25) is 0 Å². The Balaban J connectivity index is 1.92. The summed E-state index contributed by atoms with van der Waals surface area (Å²) in [5, 5.41) is 0. The Morgan fingerprint density at radius 3 is 2.89 bits per heavy atom. The van der Waals surface area contributed by atoms with E-state index >= 15 is 0 Å². The van der Waals surface area contributed by atoms with Crippen molar-refractivity contribution in [2.75, 3.05) is 0 Å². The molecule has 0 fully saturated rings. The molecule has 0 amide bonds. The highest BCUT2D eigenvalue weighted by Crippen LogP contribution is 2.39. The second kappa shape index (κ2) is 4.63. The highest BCUT2D eigenvalue weighted by molar-refractivity contribution is 5.39. The Bertz CT molecular complexity index is 598. The van der Waals surface area contributed by atoms with Crippen molar-refractivity contribution < 1.29 is 9.13 Å². The lowest BCUT2D eigenvalue weighted by atomic mass is 9.94. The third-order valence-electron chi connectivity index (χ3n) is 3.41. The van der Waals surface area contributed by atoms with Gasteiger partial charge in [-0.05, 0) is 31.2 Å². The van der Waals surface area contributed by atoms with E-state index in [2.05, 4.69) is 4.98 Å². The predicted molar refractivity (Wildman–Crippen MR) is 70.3 cm³/mol. The van der Waals surface area contributed by atoms with Crippen LogP contribution in [0.15, 0.2) is 36.5 Å². The van der Waals surface area contributed by atoms with Gasteiger partial charge in [-0.15, -0.1) is 0 Å². The first-order chi connectivity index (χ1) is 9.13. The molecular weight excluding hydrogens is 243 g/mol. The fourth-order valence-electron chi connectivity index (χ4n) is 2.35. The normalized spacial score (nSPS) is 21.6. The van der Waals surface area contributed by atoms with Crippen molar-refractivity contribution in [2.24, 2.45) is 5.73 Å². The molecule has 0 spiro atoms. The van der Waals surface area contributed by atoms with Crippen molar-refractivity contribution in [3.05, 3.63) is 59.2 Å². The Morgan fingerprint density at radius 1 is 1.32 bits per heavy atom. The maximum atomic E-state index is 13.2. The average molecular weight is 258 g/mol. The molecule has 4 heteroatoms. The minimum atomic E-state index is -0.284. The molecule has 1 aliphatic rings. The standard InChI is InChI=1S/C15H15FN2O/c1-9-2-3-10(8-18-9)15-7-13(17)12-6-11(16)4-5-14(12)19-15/h2-6,8,13,15H,7,17H2,1H3. The van der Waals surface area contributed by atoms with Crippen molar-refractivity contribution in [3.8, 4) is 5.75 Å². The molecule has 0 bridgehead atoms. The number of hydrogen-bond donors (Lipinski definition) is 1. The summed E-state index contributed by atoms with van der Waals surface area (Å²) in [5.41, 5.74) is 8.80. The molecule has 0 saturated heterocycles. The minimum absolute atomic E-state index is 0.124. The van der Waals surface area contributed by atoms with Gasteiger partial charge < -0.3 is 10.5 Å². The Labute approximate surface area is 111 Å². The van der Waals surface area contributed by atoms with Gasteiger partial charge in [-0.3, -0.25) is 4.98 Å². The van der Waals surface area contributed by atoms with Crippen LogP contribution >= 0.6 is 0 Å². The highest BCUT2D eigenvalue weighted by atomic mass is 19.1. The largest absolute Gasteiger partial charge is 0.485 e. The van der Waals surface area contributed by atoms with Gasteiger partial charge in [0.25, 0.3) is 0 Å². The van der Waals surface area contributed by atoms with Gasteiger partial charge in [-0.25, -0.2) is 4.39 Å². The van der Waals surface area contributed by atoms with Crippen LogP contribution in [0.5, 0.6) is 5.75 Å². The van der Waals surface area contributed by atoms with Gasteiger partial charge in [0, 0.05) is 35.5 Å². The highest BCUT2D eigenvalue weighted by Gasteiger charge is 2.27. The second-order valence-electron chi connectivity index (χ2n) is 4.86. The van der Waals surface area contributed by atoms with Gasteiger partial charge in [0.05, 0.1) is 0 Å². The number of halogens is 1. The first-order valence-electron chi connectivity index (χ1n) is 6.28. The predicted octanol–water partition coefficient (Wildman–Crippen LogP) is 3.05. The fraction of sp³-hybridized carbons (Fsp3) is 0.267. The number of nitrogens with two attached hydrogens (primary N) is 1. The van der Waals surface area contributed by atoms with E-state index in [1.807, 2.05) is 19.1 Å². The summed E-state index contributed by atoms with van der Waals surface area (Å²) in [7, 11) is 0. The molecule has 1 aromatic heterocycles. The lowest BCUT2D eigenvalue weighted by molar-refractivity contribution is 0.160. The van der Waals surface area contributed by atoms with E-state index in [1.54, 1.807) is 12.3 Å². The number of fused-ring (bicyclic) bond motifs is 1. The lowest BCUT2D eigenvalue weighted by Gasteiger charge is -2.30. The molecule has 19 heavy (non-hydrogen) atoms. The van der Waals surface area contributed by atoms with E-state index < -0.39 is 0 Å². The van der Waals surface area contributed by atoms with Gasteiger partial charge >= 0.3 is 0 Å². The fourth-order valence-corrected chi connectivity index (χ4v) is 2.35. The van der Waals surface area contributed by atoms with E-state index in [9.17, 15) is 4.39 Å². The Morgan fingerprint density at radius 2 is 2.16 bits per heavy atom. The van der Waals surface area contributed by atoms with Crippen LogP contribution in [-0.4, -0.2) is 4.98 Å². The molecular formula is C15H15FN2O. The van der Waals surface area contributed by atoms with Crippen LogP contribution in [0, 0.1) is 12.7 Å². The first-order valence-corrected chi connectivity index (χ1v) is 6.28. The SMILES string of the molecule is Cc1ccc(C2CC(N)c3cc(F)ccc3O2)cn1. The first kappa shape index (κ1) is 12.1. The van der Waals surface area contributed by atoms with Gasteiger partial charge in [0.1, 0.15) is 17.7 Å². The summed E-state index contributed by atoms with van der Waals surface area (Å²) in [5.74, 6) is 0.374. The second-order valence-corrected chi connectivity index (χ2v) is 4.86. The molecule has 1 aromatic carbocycles. The van der Waals surface area contributed by atoms with Crippen LogP contribution in [0.3, 0.4) is 0 Å². The van der Waals surface area contributed by atoms with Crippen LogP contribution in [-0.2, 0) is 0 Å². The number of nitrogens with zero attached hydrogens (tertiary/aromatic N) is 1. The number of benzene rings is 1. The zero-order chi connectivity index (χ0) is 13.4. The van der Waals surface area contributed by atoms with Crippen LogP contribution < -0.4 is 10.5 Å². The van der Waals surface area contributed by atoms with Gasteiger partial charge in [-0.1, -0.05) is 6.07 Å². The maximum absolute atomic E-state index is 13.2. The zero-order valence-corrected chi connectivity index (χ0v) is 10.6. The molecule has 0 radical (unpaired) electrons. The van der Waals surface area contributed by atoms with Crippen LogP contribution in [0.1, 0.15) is 35.4 Å². The van der Waals surface area contributed by atoms with Crippen molar-refractivity contribution in [1.82, 2.24) is 4.98 Å². The van der Waals surface area contributed by atoms with E-state index in [0.717, 1.165) is 16.8 Å². The number of rotatable bonds is 1. The lowest BCUT2D eigenvalue weighted by Crippen LogP contribution is -2.24. The van der Waals surface area contributed by atoms with E-state index in [-0.39, 0.29) is 18.0 Å². The summed E-state index contributed by atoms with van der Waals surface area (Å²) in [6.45, 7) is 1.94. The summed E-state index contributed by atoms with van der Waals surface area (Å²) in [6, 6.07) is 8.20. The topological polar surface area (TPSA) is 48.1 Å². The average Bonchev–Trinajstić information content (AvgIpc) is 2.40. The van der Waals surface area contributed by atoms with E-state index in [0.29, 0.717) is 12.2 Å². The summed E-state index contributed by atoms with van der Waals surface area (Å²) < 4.78 is 19.1. The maximum Gasteiger partial charge on any atom is 0.127 e. The van der Waals surface area contributed by atoms with E-state index in [1.165, 1.54) is 12.1 Å². The number of ether oxygens (including phenoxy) is 1. The zero-order valence-electron chi connectivity index (χ0n) is 10.6. The molecule has 0 saturated carbocycles. The molecule has 2 unspecified atom stereocenters. The van der Waals surface area contributed by atoms with Crippen LogP contribution in [0.25, 0.3) is 0 Å². The Kier molecular flexibility index (Phi) is 2.95. The van der Waals surface area contributed by atoms with Gasteiger partial charge in [0.15, 0.2) is 0 Å². The van der Waals surface area contributed by atoms with Crippen molar-refractivity contribution >= 4 is 0 Å². The van der Waals surface area contributed by atoms with Crippen molar-refractivity contribution in [3.63, 3.8) is 0 Å². The number of pyridine rings is 1. The molecule has 1 aliphatic heterocycles. The van der Waals surface area contributed by atoms with Crippen LogP contribution in [0.2, 0.25) is 0 Å². The van der Waals surface area contributed by atoms with Gasteiger partial charge in [-0.2, -0.15) is 0 Å². The molecule has 3 rings (SSSR count). The molecule has 2 heterocycles. The molecule has 98 valence electrons. The van der Waals surface area contributed by atoms with Crippen molar-refractivity contribution in [2.45, 2.75) is 25.5 Å². The Hall–Kier alpha value is -1.94. The molecule has 2 aromatic rings. The smallest absolute Gasteiger partial charge is 0.127 e. The minimum Gasteiger partial charge on any atom is -0.485 e. The molecule has 2 atom stereocenters. The molecule has 2 N–H and O–H groups in total. The van der Waals surface area contributed by atoms with Crippen LogP contribution in [0.4, 0.5) is 4.39 Å². The number of hydrogen-bond acceptors (Lipinski definition) is 3. The summed E-state index contributed by atoms with van der Waals surface area (Å²) in [6.07, 6.45) is 2.31.